The number of nitrogens with two attached hydrogens (primary N) is 1. The number of aliphatic hydroxyl groups excluding tert-OH is 1. The van der Waals surface area contributed by atoms with Crippen LogP contribution in [0.3, 0.4) is 0 Å². The third-order valence-corrected chi connectivity index (χ3v) is 4.23. The summed E-state index contributed by atoms with van der Waals surface area (Å²) in [5.41, 5.74) is 9.20. The van der Waals surface area contributed by atoms with E-state index in [4.69, 9.17) is 5.73 Å². The molecule has 1 aromatic carbocycles. The standard InChI is InChI=1S/C14H18BrN3O/c1-3-18-12(14(15)9(2)17-18)8-13(19)10-6-4-5-7-11(10)16/h4-7,13,19H,3,8,16H2,1-2H3. The minimum absolute atomic E-state index is 0.490. The number of nitrogens with zero attached hydrogens (tertiary/aromatic N) is 2. The van der Waals surface area contributed by atoms with Gasteiger partial charge in [-0.1, -0.05) is 18.2 Å². The average Bonchev–Trinajstić information content (AvgIpc) is 2.67. The van der Waals surface area contributed by atoms with Crippen LogP contribution in [-0.4, -0.2) is 14.9 Å². The maximum absolute atomic E-state index is 10.4. The summed E-state index contributed by atoms with van der Waals surface area (Å²) in [4.78, 5) is 0. The summed E-state index contributed by atoms with van der Waals surface area (Å²) >= 11 is 3.54. The number of rotatable bonds is 4. The monoisotopic (exact) mass is 323 g/mol. The molecule has 0 aliphatic heterocycles. The van der Waals surface area contributed by atoms with E-state index >= 15 is 0 Å². The van der Waals surface area contributed by atoms with E-state index in [1.165, 1.54) is 0 Å². The van der Waals surface area contributed by atoms with Crippen LogP contribution >= 0.6 is 15.9 Å². The van der Waals surface area contributed by atoms with E-state index in [1.807, 2.05) is 36.7 Å². The predicted molar refractivity (Wildman–Crippen MR) is 79.9 cm³/mol. The van der Waals surface area contributed by atoms with Gasteiger partial charge in [-0.2, -0.15) is 5.10 Å². The van der Waals surface area contributed by atoms with Gasteiger partial charge in [0.1, 0.15) is 0 Å². The molecule has 0 fully saturated rings. The zero-order chi connectivity index (χ0) is 14.0. The van der Waals surface area contributed by atoms with Crippen molar-refractivity contribution >= 4 is 21.6 Å². The highest BCUT2D eigenvalue weighted by atomic mass is 79.9. The lowest BCUT2D eigenvalue weighted by molar-refractivity contribution is 0.176. The molecule has 4 nitrogen and oxygen atoms in total. The smallest absolute Gasteiger partial charge is 0.0865 e. The van der Waals surface area contributed by atoms with Crippen LogP contribution < -0.4 is 5.73 Å². The van der Waals surface area contributed by atoms with Gasteiger partial charge in [-0.3, -0.25) is 4.68 Å². The molecule has 2 aromatic rings. The summed E-state index contributed by atoms with van der Waals surface area (Å²) in [5.74, 6) is 0. The van der Waals surface area contributed by atoms with E-state index in [-0.39, 0.29) is 0 Å². The van der Waals surface area contributed by atoms with Gasteiger partial charge in [0.15, 0.2) is 0 Å². The van der Waals surface area contributed by atoms with Gasteiger partial charge < -0.3 is 10.8 Å². The number of aromatic nitrogens is 2. The number of para-hydroxylation sites is 1. The first-order valence-corrected chi connectivity index (χ1v) is 7.08. The minimum atomic E-state index is -0.626. The van der Waals surface area contributed by atoms with Crippen LogP contribution in [0.15, 0.2) is 28.7 Å². The number of hydrogen-bond acceptors (Lipinski definition) is 3. The van der Waals surface area contributed by atoms with E-state index in [2.05, 4.69) is 21.0 Å². The van der Waals surface area contributed by atoms with Crippen molar-refractivity contribution in [2.45, 2.75) is 32.9 Å². The van der Waals surface area contributed by atoms with Gasteiger partial charge in [0.25, 0.3) is 0 Å². The lowest BCUT2D eigenvalue weighted by Gasteiger charge is -2.14. The predicted octanol–water partition coefficient (Wildman–Crippen LogP) is 2.83. The van der Waals surface area contributed by atoms with Crippen molar-refractivity contribution in [3.05, 3.63) is 45.7 Å². The zero-order valence-electron chi connectivity index (χ0n) is 11.1. The number of halogens is 1. The topological polar surface area (TPSA) is 64.1 Å². The first-order valence-electron chi connectivity index (χ1n) is 6.28. The summed E-state index contributed by atoms with van der Waals surface area (Å²) < 4.78 is 2.87. The molecule has 3 N–H and O–H groups in total. The average molecular weight is 324 g/mol. The molecule has 0 saturated carbocycles. The summed E-state index contributed by atoms with van der Waals surface area (Å²) in [5, 5.41) is 14.8. The van der Waals surface area contributed by atoms with E-state index in [0.717, 1.165) is 28.0 Å². The second-order valence-electron chi connectivity index (χ2n) is 4.51. The Morgan fingerprint density at radius 3 is 2.74 bits per heavy atom. The van der Waals surface area contributed by atoms with Crippen molar-refractivity contribution in [1.29, 1.82) is 0 Å². The van der Waals surface area contributed by atoms with Gasteiger partial charge in [0.2, 0.25) is 0 Å². The molecule has 1 heterocycles. The Kier molecular flexibility index (Phi) is 4.27. The fraction of sp³-hybridized carbons (Fsp3) is 0.357. The summed E-state index contributed by atoms with van der Waals surface area (Å²) in [6, 6.07) is 7.40. The van der Waals surface area contributed by atoms with Gasteiger partial charge in [0, 0.05) is 24.2 Å². The Labute approximate surface area is 121 Å². The van der Waals surface area contributed by atoms with Crippen LogP contribution in [0.25, 0.3) is 0 Å². The highest BCUT2D eigenvalue weighted by Gasteiger charge is 2.18. The Hall–Kier alpha value is -1.33. The Morgan fingerprint density at radius 2 is 2.11 bits per heavy atom. The van der Waals surface area contributed by atoms with Gasteiger partial charge >= 0.3 is 0 Å². The third kappa shape index (κ3) is 2.82. The molecule has 5 heteroatoms. The summed E-state index contributed by atoms with van der Waals surface area (Å²) in [6.07, 6.45) is -0.136. The second kappa shape index (κ2) is 5.75. The Balaban J connectivity index is 2.29. The molecule has 1 aromatic heterocycles. The highest BCUT2D eigenvalue weighted by Crippen LogP contribution is 2.28. The molecule has 0 radical (unpaired) electrons. The second-order valence-corrected chi connectivity index (χ2v) is 5.30. The maximum Gasteiger partial charge on any atom is 0.0865 e. The van der Waals surface area contributed by atoms with Crippen molar-refractivity contribution in [1.82, 2.24) is 9.78 Å². The molecule has 19 heavy (non-hydrogen) atoms. The van der Waals surface area contributed by atoms with Crippen molar-refractivity contribution in [2.24, 2.45) is 0 Å². The minimum Gasteiger partial charge on any atom is -0.398 e. The molecule has 0 saturated heterocycles. The van der Waals surface area contributed by atoms with Gasteiger partial charge in [-0.05, 0) is 35.8 Å². The van der Waals surface area contributed by atoms with E-state index < -0.39 is 6.10 Å². The molecule has 0 amide bonds. The van der Waals surface area contributed by atoms with Crippen LogP contribution in [0.4, 0.5) is 5.69 Å². The molecule has 102 valence electrons. The Bertz CT molecular complexity index is 580. The first-order chi connectivity index (χ1) is 9.04. The van der Waals surface area contributed by atoms with Crippen LogP contribution in [0, 0.1) is 6.92 Å². The number of nitrogen functional groups attached to an aromatic ring is 1. The first kappa shape index (κ1) is 14.1. The van der Waals surface area contributed by atoms with Crippen molar-refractivity contribution in [2.75, 3.05) is 5.73 Å². The normalized spacial score (nSPS) is 12.6. The largest absolute Gasteiger partial charge is 0.398 e. The fourth-order valence-corrected chi connectivity index (χ4v) is 2.62. The number of hydrogen-bond donors (Lipinski definition) is 2. The SMILES string of the molecule is CCn1nc(C)c(Br)c1CC(O)c1ccccc1N. The van der Waals surface area contributed by atoms with Crippen LogP contribution in [-0.2, 0) is 13.0 Å². The molecule has 0 spiro atoms. The lowest BCUT2D eigenvalue weighted by atomic mass is 10.0. The van der Waals surface area contributed by atoms with Gasteiger partial charge in [-0.15, -0.1) is 0 Å². The van der Waals surface area contributed by atoms with Crippen LogP contribution in [0.1, 0.15) is 30.0 Å². The number of aliphatic hydroxyl groups is 1. The molecule has 2 rings (SSSR count). The van der Waals surface area contributed by atoms with Crippen LogP contribution in [0.2, 0.25) is 0 Å². The van der Waals surface area contributed by atoms with Crippen LogP contribution in [0.5, 0.6) is 0 Å². The van der Waals surface area contributed by atoms with Crippen molar-refractivity contribution in [3.63, 3.8) is 0 Å². The zero-order valence-corrected chi connectivity index (χ0v) is 12.7. The van der Waals surface area contributed by atoms with Gasteiger partial charge in [-0.25, -0.2) is 0 Å². The number of aryl methyl sites for hydroxylation is 2. The molecule has 1 unspecified atom stereocenters. The Morgan fingerprint density at radius 1 is 1.42 bits per heavy atom. The number of anilines is 1. The van der Waals surface area contributed by atoms with E-state index in [0.29, 0.717) is 12.1 Å². The maximum atomic E-state index is 10.4. The van der Waals surface area contributed by atoms with Crippen molar-refractivity contribution in [3.8, 4) is 0 Å². The summed E-state index contributed by atoms with van der Waals surface area (Å²) in [7, 11) is 0. The van der Waals surface area contributed by atoms with Gasteiger partial charge in [0.05, 0.1) is 22.0 Å². The van der Waals surface area contributed by atoms with Crippen molar-refractivity contribution < 1.29 is 5.11 Å². The fourth-order valence-electron chi connectivity index (χ4n) is 2.17. The molecule has 1 atom stereocenters. The molecule has 0 aliphatic carbocycles. The highest BCUT2D eigenvalue weighted by molar-refractivity contribution is 9.10. The molecule has 0 bridgehead atoms. The summed E-state index contributed by atoms with van der Waals surface area (Å²) in [6.45, 7) is 4.76. The van der Waals surface area contributed by atoms with E-state index in [1.54, 1.807) is 6.07 Å². The lowest BCUT2D eigenvalue weighted by Crippen LogP contribution is -2.10. The molecular formula is C14H18BrN3O. The molecule has 0 aliphatic rings. The third-order valence-electron chi connectivity index (χ3n) is 3.19. The molecular weight excluding hydrogens is 306 g/mol. The quantitative estimate of drug-likeness (QED) is 0.850. The number of benzene rings is 1. The van der Waals surface area contributed by atoms with E-state index in [9.17, 15) is 5.11 Å².